The van der Waals surface area contributed by atoms with Crippen LogP contribution in [0, 0.1) is 0 Å². The summed E-state index contributed by atoms with van der Waals surface area (Å²) in [7, 11) is 0. The molecular formula is C24H21N3O4. The lowest BCUT2D eigenvalue weighted by Gasteiger charge is -2.40. The first-order valence-electron chi connectivity index (χ1n) is 10.3. The maximum atomic E-state index is 12.7. The molecule has 156 valence electrons. The highest BCUT2D eigenvalue weighted by Crippen LogP contribution is 2.44. The predicted molar refractivity (Wildman–Crippen MR) is 113 cm³/mol. The third-order valence-corrected chi connectivity index (χ3v) is 6.22. The number of carboxylic acids is 1. The van der Waals surface area contributed by atoms with Crippen LogP contribution in [0.5, 0.6) is 0 Å². The van der Waals surface area contributed by atoms with Crippen molar-refractivity contribution in [1.82, 2.24) is 15.3 Å². The number of fused-ring (bicyclic) bond motifs is 3. The van der Waals surface area contributed by atoms with Gasteiger partial charge < -0.3 is 15.2 Å². The van der Waals surface area contributed by atoms with Crippen LogP contribution in [0.3, 0.4) is 0 Å². The zero-order valence-corrected chi connectivity index (χ0v) is 16.7. The average Bonchev–Trinajstić information content (AvgIpc) is 3.09. The molecule has 31 heavy (non-hydrogen) atoms. The number of aromatic nitrogens is 2. The van der Waals surface area contributed by atoms with E-state index >= 15 is 0 Å². The number of nitrogens with one attached hydrogen (secondary N) is 1. The summed E-state index contributed by atoms with van der Waals surface area (Å²) >= 11 is 0. The second kappa shape index (κ2) is 7.50. The van der Waals surface area contributed by atoms with Crippen molar-refractivity contribution in [2.24, 2.45) is 0 Å². The standard InChI is InChI=1S/C24H21N3O4/c28-21(29)15-12-25-22(26-13-15)24(10-5-11-24)27-23(30)31-14-20-18-8-3-1-6-16(18)17-7-2-4-9-19(17)20/h1-4,6-9,12-13,20H,5,10-11,14H2,(H,27,30)(H,28,29). The van der Waals surface area contributed by atoms with Crippen molar-refractivity contribution in [3.63, 3.8) is 0 Å². The number of hydrogen-bond donors (Lipinski definition) is 2. The number of hydrogen-bond acceptors (Lipinski definition) is 5. The number of carbonyl (C=O) groups is 2. The van der Waals surface area contributed by atoms with Gasteiger partial charge in [-0.2, -0.15) is 0 Å². The molecule has 3 aromatic rings. The van der Waals surface area contributed by atoms with Crippen LogP contribution in [0.1, 0.15) is 52.5 Å². The number of amides is 1. The summed E-state index contributed by atoms with van der Waals surface area (Å²) in [6.45, 7) is 0.231. The fraction of sp³-hybridized carbons (Fsp3) is 0.250. The zero-order chi connectivity index (χ0) is 21.4. The van der Waals surface area contributed by atoms with Crippen molar-refractivity contribution in [3.05, 3.63) is 83.4 Å². The molecule has 0 bridgehead atoms. The summed E-state index contributed by atoms with van der Waals surface area (Å²) in [4.78, 5) is 32.1. The molecule has 2 aromatic carbocycles. The fourth-order valence-corrected chi connectivity index (χ4v) is 4.45. The van der Waals surface area contributed by atoms with E-state index in [1.807, 2.05) is 24.3 Å². The van der Waals surface area contributed by atoms with Gasteiger partial charge in [-0.25, -0.2) is 19.6 Å². The molecule has 0 saturated heterocycles. The molecule has 2 aliphatic carbocycles. The van der Waals surface area contributed by atoms with E-state index in [1.165, 1.54) is 23.5 Å². The smallest absolute Gasteiger partial charge is 0.407 e. The van der Waals surface area contributed by atoms with E-state index in [9.17, 15) is 9.59 Å². The van der Waals surface area contributed by atoms with Gasteiger partial charge in [-0.15, -0.1) is 0 Å². The van der Waals surface area contributed by atoms with Gasteiger partial charge in [-0.1, -0.05) is 48.5 Å². The van der Waals surface area contributed by atoms with Gasteiger partial charge in [0.1, 0.15) is 12.1 Å². The van der Waals surface area contributed by atoms with Gasteiger partial charge in [0.05, 0.1) is 5.56 Å². The second-order valence-electron chi connectivity index (χ2n) is 7.99. The lowest BCUT2D eigenvalue weighted by Crippen LogP contribution is -2.52. The zero-order valence-electron chi connectivity index (χ0n) is 16.7. The molecule has 5 rings (SSSR count). The van der Waals surface area contributed by atoms with E-state index in [0.717, 1.165) is 17.5 Å². The van der Waals surface area contributed by atoms with Crippen LogP contribution in [0.4, 0.5) is 4.79 Å². The van der Waals surface area contributed by atoms with E-state index in [4.69, 9.17) is 9.84 Å². The number of ether oxygens (including phenoxy) is 1. The molecule has 0 radical (unpaired) electrons. The van der Waals surface area contributed by atoms with Crippen LogP contribution in [-0.2, 0) is 10.3 Å². The molecule has 0 unspecified atom stereocenters. The minimum Gasteiger partial charge on any atom is -0.478 e. The number of alkyl carbamates (subject to hydrolysis) is 1. The Bertz CT molecular complexity index is 1110. The Morgan fingerprint density at radius 2 is 1.58 bits per heavy atom. The Morgan fingerprint density at radius 3 is 2.10 bits per heavy atom. The summed E-state index contributed by atoms with van der Waals surface area (Å²) < 4.78 is 5.65. The van der Waals surface area contributed by atoms with Gasteiger partial charge in [-0.3, -0.25) is 0 Å². The largest absolute Gasteiger partial charge is 0.478 e. The molecule has 7 heteroatoms. The Morgan fingerprint density at radius 1 is 1.00 bits per heavy atom. The molecule has 2 N–H and O–H groups in total. The summed E-state index contributed by atoms with van der Waals surface area (Å²) in [5.41, 5.74) is 3.97. The SMILES string of the molecule is O=C(NC1(c2ncc(C(=O)O)cn2)CCC1)OCC1c2ccccc2-c2ccccc21. The van der Waals surface area contributed by atoms with Gasteiger partial charge in [0.25, 0.3) is 0 Å². The monoisotopic (exact) mass is 415 g/mol. The van der Waals surface area contributed by atoms with E-state index in [0.29, 0.717) is 18.7 Å². The van der Waals surface area contributed by atoms with Gasteiger partial charge in [0.2, 0.25) is 0 Å². The lowest BCUT2D eigenvalue weighted by molar-refractivity contribution is 0.0694. The van der Waals surface area contributed by atoms with Crippen LogP contribution in [0.25, 0.3) is 11.1 Å². The molecule has 2 aliphatic rings. The molecule has 1 aromatic heterocycles. The molecule has 7 nitrogen and oxygen atoms in total. The van der Waals surface area contributed by atoms with Gasteiger partial charge in [0.15, 0.2) is 5.82 Å². The van der Waals surface area contributed by atoms with Gasteiger partial charge >= 0.3 is 12.1 Å². The normalized spacial score (nSPS) is 16.0. The fourth-order valence-electron chi connectivity index (χ4n) is 4.45. The number of carboxylic acid groups (broad SMARTS) is 1. The van der Waals surface area contributed by atoms with E-state index in [-0.39, 0.29) is 18.1 Å². The van der Waals surface area contributed by atoms with E-state index < -0.39 is 17.6 Å². The van der Waals surface area contributed by atoms with Crippen molar-refractivity contribution in [3.8, 4) is 11.1 Å². The summed E-state index contributed by atoms with van der Waals surface area (Å²) in [6, 6.07) is 16.4. The van der Waals surface area contributed by atoms with Crippen LogP contribution < -0.4 is 5.32 Å². The first-order valence-corrected chi connectivity index (χ1v) is 10.3. The van der Waals surface area contributed by atoms with Gasteiger partial charge in [0, 0.05) is 18.3 Å². The van der Waals surface area contributed by atoms with Crippen LogP contribution >= 0.6 is 0 Å². The maximum absolute atomic E-state index is 12.7. The summed E-state index contributed by atoms with van der Waals surface area (Å²) in [5.74, 6) is -0.683. The molecule has 1 heterocycles. The second-order valence-corrected chi connectivity index (χ2v) is 7.99. The van der Waals surface area contributed by atoms with Crippen molar-refractivity contribution in [2.45, 2.75) is 30.7 Å². The van der Waals surface area contributed by atoms with Crippen molar-refractivity contribution >= 4 is 12.1 Å². The van der Waals surface area contributed by atoms with Crippen LogP contribution in [-0.4, -0.2) is 33.7 Å². The molecule has 1 saturated carbocycles. The lowest BCUT2D eigenvalue weighted by atomic mass is 9.76. The molecular weight excluding hydrogens is 394 g/mol. The number of aromatic carboxylic acids is 1. The minimum atomic E-state index is -1.08. The molecule has 0 aliphatic heterocycles. The van der Waals surface area contributed by atoms with Crippen molar-refractivity contribution in [2.75, 3.05) is 6.61 Å². The molecule has 1 amide bonds. The number of benzene rings is 2. The topological polar surface area (TPSA) is 101 Å². The van der Waals surface area contributed by atoms with E-state index in [1.54, 1.807) is 0 Å². The minimum absolute atomic E-state index is 0.0124. The predicted octanol–water partition coefficient (Wildman–Crippen LogP) is 4.09. The highest BCUT2D eigenvalue weighted by Gasteiger charge is 2.43. The number of nitrogens with zero attached hydrogens (tertiary/aromatic N) is 2. The third kappa shape index (κ3) is 3.32. The van der Waals surface area contributed by atoms with Crippen LogP contribution in [0.15, 0.2) is 60.9 Å². The van der Waals surface area contributed by atoms with Crippen molar-refractivity contribution in [1.29, 1.82) is 0 Å². The first-order chi connectivity index (χ1) is 15.1. The first kappa shape index (κ1) is 19.2. The Hall–Kier alpha value is -3.74. The summed E-state index contributed by atoms with van der Waals surface area (Å²) in [5, 5.41) is 12.0. The highest BCUT2D eigenvalue weighted by molar-refractivity contribution is 5.86. The average molecular weight is 415 g/mol. The van der Waals surface area contributed by atoms with E-state index in [2.05, 4.69) is 39.6 Å². The molecule has 0 spiro atoms. The van der Waals surface area contributed by atoms with Crippen LogP contribution in [0.2, 0.25) is 0 Å². The highest BCUT2D eigenvalue weighted by atomic mass is 16.5. The molecule has 0 atom stereocenters. The molecule has 1 fully saturated rings. The summed E-state index contributed by atoms with van der Waals surface area (Å²) in [6.07, 6.45) is 4.31. The van der Waals surface area contributed by atoms with Crippen molar-refractivity contribution < 1.29 is 19.4 Å². The number of rotatable bonds is 5. The number of carbonyl (C=O) groups excluding carboxylic acids is 1. The quantitative estimate of drug-likeness (QED) is 0.651. The Labute approximate surface area is 179 Å². The maximum Gasteiger partial charge on any atom is 0.407 e. The Balaban J connectivity index is 1.30. The van der Waals surface area contributed by atoms with Gasteiger partial charge in [-0.05, 0) is 41.5 Å². The third-order valence-electron chi connectivity index (χ3n) is 6.22. The Kier molecular flexibility index (Phi) is 4.66.